The summed E-state index contributed by atoms with van der Waals surface area (Å²) >= 11 is 0. The maximum Gasteiger partial charge on any atom is 0.242 e. The second kappa shape index (κ2) is 10.6. The number of ketones is 1. The molecule has 4 rings (SSSR count). The van der Waals surface area contributed by atoms with Crippen LogP contribution in [0.1, 0.15) is 74.0 Å². The molecule has 0 saturated heterocycles. The first kappa shape index (κ1) is 25.5. The Morgan fingerprint density at radius 1 is 1.11 bits per heavy atom. The first-order chi connectivity index (χ1) is 17.2. The highest BCUT2D eigenvalue weighted by atomic mass is 16.5. The summed E-state index contributed by atoms with van der Waals surface area (Å²) < 4.78 is 14.5. The lowest BCUT2D eigenvalue weighted by Crippen LogP contribution is -2.27. The predicted molar refractivity (Wildman–Crippen MR) is 135 cm³/mol. The van der Waals surface area contributed by atoms with Crippen molar-refractivity contribution in [2.75, 3.05) is 19.8 Å². The molecule has 3 aromatic rings. The monoisotopic (exact) mass is 494 g/mol. The lowest BCUT2D eigenvalue weighted by Gasteiger charge is -2.21. The molecule has 10 nitrogen and oxygen atoms in total. The van der Waals surface area contributed by atoms with Gasteiger partial charge in [-0.15, -0.1) is 10.2 Å². The lowest BCUT2D eigenvalue weighted by atomic mass is 9.85. The van der Waals surface area contributed by atoms with E-state index in [2.05, 4.69) is 36.1 Å². The molecule has 10 heteroatoms. The first-order valence-electron chi connectivity index (χ1n) is 12.5. The molecule has 0 atom stereocenters. The third kappa shape index (κ3) is 5.32. The third-order valence-corrected chi connectivity index (χ3v) is 6.38. The van der Waals surface area contributed by atoms with Gasteiger partial charge in [-0.2, -0.15) is 9.42 Å². The van der Waals surface area contributed by atoms with E-state index in [1.807, 2.05) is 19.1 Å². The number of aromatic nitrogens is 4. The van der Waals surface area contributed by atoms with Gasteiger partial charge in [-0.05, 0) is 61.8 Å². The van der Waals surface area contributed by atoms with Gasteiger partial charge in [0, 0.05) is 23.1 Å². The molecule has 1 aliphatic carbocycles. The second-order valence-corrected chi connectivity index (χ2v) is 10.1. The van der Waals surface area contributed by atoms with Crippen molar-refractivity contribution in [1.29, 1.82) is 5.41 Å². The number of Topliss-reactive ketones (excluding diaryl/α,β-unsaturated/α-hetero) is 1. The molecule has 0 spiro atoms. The van der Waals surface area contributed by atoms with Crippen LogP contribution in [0, 0.1) is 10.3 Å². The molecule has 1 aliphatic rings. The number of nitroso groups, excluding NO2 is 1. The van der Waals surface area contributed by atoms with Gasteiger partial charge < -0.3 is 9.47 Å². The summed E-state index contributed by atoms with van der Waals surface area (Å²) in [6.07, 6.45) is 4.34. The predicted octanol–water partition coefficient (Wildman–Crippen LogP) is 4.00. The molecule has 0 saturated carbocycles. The number of nitrogens with one attached hydrogen (secondary N) is 1. The molecule has 0 fully saturated rings. The maximum atomic E-state index is 13.4. The van der Waals surface area contributed by atoms with E-state index in [1.165, 1.54) is 9.20 Å². The summed E-state index contributed by atoms with van der Waals surface area (Å²) in [5, 5.41) is 20.7. The topological polar surface area (TPSA) is 124 Å². The standard InChI is InChI=1S/C26H34N6O4/c1-5-35-24-21-10-7-6-9-20(21)23-29-31(25(27)32(23)30-24)16-22(33)17-13-18(26(2,3)4)15-19(14-17)36-12-8-11-28-34/h13-15,27H,5-12,16H2,1-4H3. The molecular formula is C26H34N6O4. The molecule has 1 aromatic carbocycles. The Morgan fingerprint density at radius 3 is 2.56 bits per heavy atom. The SMILES string of the molecule is CCOc1nn2c(=N)n(CC(=O)c3cc(OCCCN=O)cc(C(C)(C)C)c3)nc2c2c1CCCC2. The van der Waals surface area contributed by atoms with E-state index < -0.39 is 0 Å². The molecule has 2 aromatic heterocycles. The molecule has 1 N–H and O–H groups in total. The van der Waals surface area contributed by atoms with Gasteiger partial charge in [0.05, 0.1) is 19.8 Å². The molecule has 0 aliphatic heterocycles. The van der Waals surface area contributed by atoms with Crippen LogP contribution in [0.2, 0.25) is 0 Å². The van der Waals surface area contributed by atoms with Gasteiger partial charge in [0.25, 0.3) is 0 Å². The van der Waals surface area contributed by atoms with Crippen molar-refractivity contribution >= 4 is 11.4 Å². The van der Waals surface area contributed by atoms with Crippen LogP contribution in [0.3, 0.4) is 0 Å². The minimum atomic E-state index is -0.200. The van der Waals surface area contributed by atoms with Crippen LogP contribution in [-0.2, 0) is 24.8 Å². The summed E-state index contributed by atoms with van der Waals surface area (Å²) in [7, 11) is 0. The average Bonchev–Trinajstić information content (AvgIpc) is 3.16. The number of rotatable bonds is 10. The normalized spacial score (nSPS) is 13.4. The smallest absolute Gasteiger partial charge is 0.242 e. The number of carbonyl (C=O) groups excluding carboxylic acids is 1. The number of hydrogen-bond acceptors (Lipinski definition) is 8. The minimum absolute atomic E-state index is 0.0255. The van der Waals surface area contributed by atoms with Gasteiger partial charge in [0.2, 0.25) is 11.5 Å². The van der Waals surface area contributed by atoms with Crippen molar-refractivity contribution in [3.63, 3.8) is 0 Å². The molecule has 192 valence electrons. The van der Waals surface area contributed by atoms with Crippen molar-refractivity contribution in [3.05, 3.63) is 51.0 Å². The third-order valence-electron chi connectivity index (χ3n) is 6.38. The number of fused-ring (bicyclic) bond motifs is 3. The van der Waals surface area contributed by atoms with Gasteiger partial charge in [0.15, 0.2) is 11.4 Å². The van der Waals surface area contributed by atoms with Crippen molar-refractivity contribution < 1.29 is 14.3 Å². The van der Waals surface area contributed by atoms with E-state index >= 15 is 0 Å². The van der Waals surface area contributed by atoms with Crippen LogP contribution >= 0.6 is 0 Å². The number of nitrogens with zero attached hydrogens (tertiary/aromatic N) is 5. The summed E-state index contributed by atoms with van der Waals surface area (Å²) in [6, 6.07) is 5.50. The van der Waals surface area contributed by atoms with Gasteiger partial charge in [-0.25, -0.2) is 4.68 Å². The first-order valence-corrected chi connectivity index (χ1v) is 12.5. The highest BCUT2D eigenvalue weighted by molar-refractivity contribution is 5.96. The Hall–Kier alpha value is -3.56. The maximum absolute atomic E-state index is 13.4. The summed E-state index contributed by atoms with van der Waals surface area (Å²) in [5.41, 5.74) is 3.99. The number of aryl methyl sites for hydroxylation is 1. The van der Waals surface area contributed by atoms with E-state index in [0.717, 1.165) is 42.4 Å². The Morgan fingerprint density at radius 2 is 1.86 bits per heavy atom. The van der Waals surface area contributed by atoms with E-state index in [-0.39, 0.29) is 29.9 Å². The summed E-state index contributed by atoms with van der Waals surface area (Å²) in [6.45, 7) is 9.04. The number of ether oxygens (including phenoxy) is 2. The minimum Gasteiger partial charge on any atom is -0.493 e. The second-order valence-electron chi connectivity index (χ2n) is 10.1. The number of benzene rings is 1. The van der Waals surface area contributed by atoms with Crippen LogP contribution < -0.4 is 15.1 Å². The van der Waals surface area contributed by atoms with Crippen LogP contribution in [0.25, 0.3) is 5.65 Å². The van der Waals surface area contributed by atoms with Gasteiger partial charge in [0.1, 0.15) is 12.3 Å². The quantitative estimate of drug-likeness (QED) is 0.258. The molecule has 2 heterocycles. The van der Waals surface area contributed by atoms with Crippen LogP contribution in [0.5, 0.6) is 11.6 Å². The fourth-order valence-corrected chi connectivity index (χ4v) is 4.42. The molecule has 0 bridgehead atoms. The Bertz CT molecular complexity index is 1330. The molecule has 0 unspecified atom stereocenters. The fraction of sp³-hybridized carbons (Fsp3) is 0.538. The fourth-order valence-electron chi connectivity index (χ4n) is 4.42. The highest BCUT2D eigenvalue weighted by Gasteiger charge is 2.24. The molecule has 0 radical (unpaired) electrons. The average molecular weight is 495 g/mol. The van der Waals surface area contributed by atoms with E-state index in [1.54, 1.807) is 6.07 Å². The highest BCUT2D eigenvalue weighted by Crippen LogP contribution is 2.30. The van der Waals surface area contributed by atoms with Crippen molar-refractivity contribution in [1.82, 2.24) is 19.4 Å². The molecule has 0 amide bonds. The molecular weight excluding hydrogens is 460 g/mol. The zero-order valence-electron chi connectivity index (χ0n) is 21.5. The van der Waals surface area contributed by atoms with Crippen molar-refractivity contribution in [3.8, 4) is 11.6 Å². The van der Waals surface area contributed by atoms with Gasteiger partial charge >= 0.3 is 0 Å². The lowest BCUT2D eigenvalue weighted by molar-refractivity contribution is 0.0965. The van der Waals surface area contributed by atoms with E-state index in [9.17, 15) is 9.70 Å². The Balaban J connectivity index is 1.67. The van der Waals surface area contributed by atoms with Gasteiger partial charge in [-0.3, -0.25) is 10.2 Å². The van der Waals surface area contributed by atoms with Crippen LogP contribution in [0.4, 0.5) is 0 Å². The van der Waals surface area contributed by atoms with Gasteiger partial charge in [-0.1, -0.05) is 25.9 Å². The van der Waals surface area contributed by atoms with Crippen LogP contribution in [0.15, 0.2) is 23.4 Å². The van der Waals surface area contributed by atoms with Crippen molar-refractivity contribution in [2.45, 2.75) is 71.8 Å². The largest absolute Gasteiger partial charge is 0.493 e. The number of hydrogen-bond donors (Lipinski definition) is 1. The zero-order valence-corrected chi connectivity index (χ0v) is 21.5. The zero-order chi connectivity index (χ0) is 25.9. The Kier molecular flexibility index (Phi) is 7.51. The van der Waals surface area contributed by atoms with Crippen LogP contribution in [-0.4, -0.2) is 44.9 Å². The number of carbonyl (C=O) groups is 1. The Labute approximate surface area is 210 Å². The van der Waals surface area contributed by atoms with Crippen molar-refractivity contribution in [2.24, 2.45) is 5.18 Å². The summed E-state index contributed by atoms with van der Waals surface area (Å²) in [5.74, 6) is 0.940. The summed E-state index contributed by atoms with van der Waals surface area (Å²) in [4.78, 5) is 23.8. The molecule has 36 heavy (non-hydrogen) atoms. The van der Waals surface area contributed by atoms with E-state index in [4.69, 9.17) is 14.9 Å². The van der Waals surface area contributed by atoms with E-state index in [0.29, 0.717) is 42.5 Å².